The van der Waals surface area contributed by atoms with Crippen molar-refractivity contribution >= 4 is 17.7 Å². The van der Waals surface area contributed by atoms with Crippen molar-refractivity contribution in [3.8, 4) is 11.5 Å². The first kappa shape index (κ1) is 23.1. The fourth-order valence-electron chi connectivity index (χ4n) is 3.86. The summed E-state index contributed by atoms with van der Waals surface area (Å²) in [6.07, 6.45) is 0. The molecule has 174 valence electrons. The minimum Gasteiger partial charge on any atom is -0.466 e. The molecule has 3 aromatic rings. The number of ether oxygens (including phenoxy) is 2. The molecule has 0 spiro atoms. The third-order valence-electron chi connectivity index (χ3n) is 5.71. The largest absolute Gasteiger partial charge is 0.466 e. The van der Waals surface area contributed by atoms with E-state index in [-0.39, 0.29) is 5.41 Å². The number of esters is 1. The van der Waals surface area contributed by atoms with Crippen LogP contribution in [0.4, 0.5) is 4.79 Å². The molecule has 0 saturated carbocycles. The molecule has 2 N–H and O–H groups in total. The van der Waals surface area contributed by atoms with Crippen LogP contribution in [0.2, 0.25) is 0 Å². The van der Waals surface area contributed by atoms with Gasteiger partial charge in [-0.2, -0.15) is 0 Å². The highest BCUT2D eigenvalue weighted by molar-refractivity contribution is 6.04. The zero-order chi connectivity index (χ0) is 24.3. The Morgan fingerprint density at radius 2 is 1.44 bits per heavy atom. The summed E-state index contributed by atoms with van der Waals surface area (Å²) in [6.45, 7) is 6.50. The number of carbonyl (C=O) groups is 2. The second kappa shape index (κ2) is 9.43. The fraction of sp³-hybridized carbons (Fsp3) is 0.214. The van der Waals surface area contributed by atoms with Crippen LogP contribution >= 0.6 is 0 Å². The van der Waals surface area contributed by atoms with Crippen molar-refractivity contribution in [3.63, 3.8) is 0 Å². The second-order valence-corrected chi connectivity index (χ2v) is 9.12. The van der Waals surface area contributed by atoms with E-state index >= 15 is 0 Å². The summed E-state index contributed by atoms with van der Waals surface area (Å²) in [5.41, 5.74) is 3.53. The quantitative estimate of drug-likeness (QED) is 0.482. The Morgan fingerprint density at radius 1 is 0.853 bits per heavy atom. The molecule has 3 aromatic carbocycles. The van der Waals surface area contributed by atoms with Crippen LogP contribution < -0.4 is 15.4 Å². The monoisotopic (exact) mass is 456 g/mol. The Kier molecular flexibility index (Phi) is 6.41. The van der Waals surface area contributed by atoms with Crippen LogP contribution in [0.5, 0.6) is 11.5 Å². The molecule has 1 heterocycles. The van der Waals surface area contributed by atoms with Gasteiger partial charge in [-0.25, -0.2) is 9.59 Å². The molecule has 1 unspecified atom stereocenters. The SMILES string of the molecule is COC(=O)C1=C(c2ccccc2)NC(=O)NC1c1ccc(Oc2ccc(C(C)(C)C)cc2)cc1. The van der Waals surface area contributed by atoms with Gasteiger partial charge in [0.25, 0.3) is 0 Å². The Morgan fingerprint density at radius 3 is 2.00 bits per heavy atom. The maximum atomic E-state index is 12.8. The summed E-state index contributed by atoms with van der Waals surface area (Å²) >= 11 is 0. The maximum Gasteiger partial charge on any atom is 0.338 e. The number of amides is 2. The normalized spacial score (nSPS) is 15.9. The van der Waals surface area contributed by atoms with Gasteiger partial charge in [-0.05, 0) is 46.4 Å². The lowest BCUT2D eigenvalue weighted by Crippen LogP contribution is -2.45. The minimum absolute atomic E-state index is 0.0724. The smallest absolute Gasteiger partial charge is 0.338 e. The Labute approximate surface area is 199 Å². The summed E-state index contributed by atoms with van der Waals surface area (Å²) in [5, 5.41) is 5.60. The molecule has 0 aliphatic carbocycles. The number of nitrogens with one attached hydrogen (secondary N) is 2. The topological polar surface area (TPSA) is 76.7 Å². The van der Waals surface area contributed by atoms with Gasteiger partial charge in [0, 0.05) is 0 Å². The number of rotatable bonds is 5. The first-order valence-corrected chi connectivity index (χ1v) is 11.1. The third kappa shape index (κ3) is 4.96. The molecule has 2 amide bonds. The molecule has 0 radical (unpaired) electrons. The van der Waals surface area contributed by atoms with E-state index in [0.29, 0.717) is 17.0 Å². The molecule has 4 rings (SSSR count). The predicted octanol–water partition coefficient (Wildman–Crippen LogP) is 5.71. The maximum absolute atomic E-state index is 12.8. The number of hydrogen-bond donors (Lipinski definition) is 2. The van der Waals surface area contributed by atoms with Gasteiger partial charge in [0.1, 0.15) is 11.5 Å². The Hall–Kier alpha value is -4.06. The van der Waals surface area contributed by atoms with Crippen molar-refractivity contribution in [3.05, 3.63) is 101 Å². The van der Waals surface area contributed by atoms with Gasteiger partial charge >= 0.3 is 12.0 Å². The molecule has 0 bridgehead atoms. The van der Waals surface area contributed by atoms with E-state index in [1.54, 1.807) is 0 Å². The van der Waals surface area contributed by atoms with Crippen molar-refractivity contribution < 1.29 is 19.1 Å². The zero-order valence-corrected chi connectivity index (χ0v) is 19.7. The number of benzene rings is 3. The molecule has 34 heavy (non-hydrogen) atoms. The van der Waals surface area contributed by atoms with Crippen molar-refractivity contribution in [2.24, 2.45) is 0 Å². The van der Waals surface area contributed by atoms with Crippen molar-refractivity contribution in [1.29, 1.82) is 0 Å². The van der Waals surface area contributed by atoms with Gasteiger partial charge in [0.05, 0.1) is 24.4 Å². The van der Waals surface area contributed by atoms with E-state index < -0.39 is 18.0 Å². The lowest BCUT2D eigenvalue weighted by atomic mass is 9.87. The molecule has 1 aliphatic rings. The molecule has 1 aliphatic heterocycles. The summed E-state index contributed by atoms with van der Waals surface area (Å²) in [7, 11) is 1.33. The standard InChI is InChI=1S/C28H28N2O4/c1-28(2,3)20-12-16-22(17-13-20)34-21-14-10-19(11-15-21)25-23(26(31)33-4)24(29-27(32)30-25)18-8-6-5-7-9-18/h5-17,25H,1-4H3,(H2,29,30,32). The average Bonchev–Trinajstić information content (AvgIpc) is 2.84. The summed E-state index contributed by atoms with van der Waals surface area (Å²) in [5.74, 6) is 0.868. The lowest BCUT2D eigenvalue weighted by molar-refractivity contribution is -0.136. The number of carbonyl (C=O) groups excluding carboxylic acids is 2. The van der Waals surface area contributed by atoms with E-state index in [0.717, 1.165) is 16.9 Å². The van der Waals surface area contributed by atoms with Crippen LogP contribution in [0.25, 0.3) is 5.70 Å². The van der Waals surface area contributed by atoms with Gasteiger partial charge in [0.2, 0.25) is 0 Å². The molecule has 0 fully saturated rings. The Balaban J connectivity index is 1.62. The van der Waals surface area contributed by atoms with Gasteiger partial charge in [0.15, 0.2) is 0 Å². The molecular weight excluding hydrogens is 428 g/mol. The second-order valence-electron chi connectivity index (χ2n) is 9.12. The summed E-state index contributed by atoms with van der Waals surface area (Å²) in [4.78, 5) is 25.2. The van der Waals surface area contributed by atoms with E-state index in [4.69, 9.17) is 9.47 Å². The lowest BCUT2D eigenvalue weighted by Gasteiger charge is -2.29. The first-order valence-electron chi connectivity index (χ1n) is 11.1. The number of urea groups is 1. The van der Waals surface area contributed by atoms with Gasteiger partial charge in [-0.3, -0.25) is 0 Å². The van der Waals surface area contributed by atoms with E-state index in [1.165, 1.54) is 12.7 Å². The van der Waals surface area contributed by atoms with Crippen molar-refractivity contribution in [1.82, 2.24) is 10.6 Å². The molecule has 1 atom stereocenters. The highest BCUT2D eigenvalue weighted by Gasteiger charge is 2.34. The van der Waals surface area contributed by atoms with Crippen LogP contribution in [-0.4, -0.2) is 19.1 Å². The minimum atomic E-state index is -0.670. The average molecular weight is 457 g/mol. The summed E-state index contributed by atoms with van der Waals surface area (Å²) in [6, 6.07) is 23.5. The predicted molar refractivity (Wildman–Crippen MR) is 131 cm³/mol. The van der Waals surface area contributed by atoms with Gasteiger partial charge < -0.3 is 20.1 Å². The molecule has 0 aromatic heterocycles. The van der Waals surface area contributed by atoms with E-state index in [2.05, 4.69) is 43.5 Å². The van der Waals surface area contributed by atoms with Gasteiger partial charge in [-0.1, -0.05) is 75.4 Å². The van der Waals surface area contributed by atoms with E-state index in [1.807, 2.05) is 66.7 Å². The van der Waals surface area contributed by atoms with E-state index in [9.17, 15) is 9.59 Å². The zero-order valence-electron chi connectivity index (χ0n) is 19.7. The van der Waals surface area contributed by atoms with Crippen LogP contribution in [0.1, 0.15) is 43.5 Å². The van der Waals surface area contributed by atoms with Crippen LogP contribution in [-0.2, 0) is 14.9 Å². The van der Waals surface area contributed by atoms with Gasteiger partial charge in [-0.15, -0.1) is 0 Å². The fourth-order valence-corrected chi connectivity index (χ4v) is 3.86. The van der Waals surface area contributed by atoms with Crippen LogP contribution in [0.15, 0.2) is 84.4 Å². The van der Waals surface area contributed by atoms with Crippen molar-refractivity contribution in [2.75, 3.05) is 7.11 Å². The highest BCUT2D eigenvalue weighted by Crippen LogP contribution is 2.33. The van der Waals surface area contributed by atoms with Crippen molar-refractivity contribution in [2.45, 2.75) is 32.2 Å². The number of hydrogen-bond acceptors (Lipinski definition) is 4. The van der Waals surface area contributed by atoms with Crippen LogP contribution in [0, 0.1) is 0 Å². The summed E-state index contributed by atoms with van der Waals surface area (Å²) < 4.78 is 11.0. The number of methoxy groups -OCH3 is 1. The molecule has 6 nitrogen and oxygen atoms in total. The molecule has 0 saturated heterocycles. The third-order valence-corrected chi connectivity index (χ3v) is 5.71. The highest BCUT2D eigenvalue weighted by atomic mass is 16.5. The molecular formula is C28H28N2O4. The first-order chi connectivity index (χ1) is 16.3. The van der Waals surface area contributed by atoms with Crippen LogP contribution in [0.3, 0.4) is 0 Å². The molecule has 6 heteroatoms. The Bertz CT molecular complexity index is 1210.